The summed E-state index contributed by atoms with van der Waals surface area (Å²) in [6.07, 6.45) is -8.74. The summed E-state index contributed by atoms with van der Waals surface area (Å²) in [6.45, 7) is 7.30. The van der Waals surface area contributed by atoms with Crippen molar-refractivity contribution in [2.45, 2.75) is 38.5 Å². The molecule has 0 spiro atoms. The monoisotopic (exact) mass is 595 g/mol. The molecule has 0 atom stereocenters. The van der Waals surface area contributed by atoms with E-state index in [4.69, 9.17) is 4.74 Å². The van der Waals surface area contributed by atoms with Crippen LogP contribution in [0.1, 0.15) is 36.1 Å². The van der Waals surface area contributed by atoms with Crippen molar-refractivity contribution < 1.29 is 35.9 Å². The standard InChI is InChI=1S/C29H31F6N5O2/c1-18-6-8-22(9-7-18)42-24-23(17-36-26(37-24)40-12-10-38(4)11-13-40)39(5)25(41)27(2,3)19-14-20(28(30,31)32)16-21(15-19)29(33,34)35/h6-9,14-17H,10-13H2,1-5H3. The highest BCUT2D eigenvalue weighted by atomic mass is 19.4. The number of ether oxygens (including phenoxy) is 1. The molecular weight excluding hydrogens is 564 g/mol. The van der Waals surface area contributed by atoms with E-state index in [0.717, 1.165) is 23.6 Å². The van der Waals surface area contributed by atoms with Crippen LogP contribution in [0.2, 0.25) is 0 Å². The molecule has 0 unspecified atom stereocenters. The van der Waals surface area contributed by atoms with Crippen LogP contribution in [0.4, 0.5) is 38.0 Å². The van der Waals surface area contributed by atoms with Crippen molar-refractivity contribution in [3.8, 4) is 11.6 Å². The van der Waals surface area contributed by atoms with E-state index in [1.54, 1.807) is 12.1 Å². The number of carbonyl (C=O) groups excluding carboxylic acids is 1. The zero-order valence-electron chi connectivity index (χ0n) is 23.8. The lowest BCUT2D eigenvalue weighted by molar-refractivity contribution is -0.143. The quantitative estimate of drug-likeness (QED) is 0.312. The molecule has 0 radical (unpaired) electrons. The van der Waals surface area contributed by atoms with Gasteiger partial charge in [-0.2, -0.15) is 31.3 Å². The maximum absolute atomic E-state index is 13.8. The Labute approximate surface area is 239 Å². The van der Waals surface area contributed by atoms with Crippen molar-refractivity contribution in [1.82, 2.24) is 14.9 Å². The molecule has 2 heterocycles. The van der Waals surface area contributed by atoms with E-state index < -0.39 is 40.4 Å². The maximum atomic E-state index is 13.8. The Balaban J connectivity index is 1.74. The molecule has 0 N–H and O–H groups in total. The fraction of sp³-hybridized carbons (Fsp3) is 0.414. The number of aromatic nitrogens is 2. The molecule has 1 fully saturated rings. The van der Waals surface area contributed by atoms with Crippen LogP contribution in [0.5, 0.6) is 11.6 Å². The number of hydrogen-bond donors (Lipinski definition) is 0. The van der Waals surface area contributed by atoms with Crippen LogP contribution in [0.3, 0.4) is 0 Å². The van der Waals surface area contributed by atoms with Gasteiger partial charge in [-0.3, -0.25) is 4.79 Å². The van der Waals surface area contributed by atoms with E-state index in [-0.39, 0.29) is 17.6 Å². The van der Waals surface area contributed by atoms with E-state index in [2.05, 4.69) is 14.9 Å². The Kier molecular flexibility index (Phi) is 8.45. The van der Waals surface area contributed by atoms with Gasteiger partial charge in [-0.05, 0) is 63.7 Å². The SMILES string of the molecule is Cc1ccc(Oc2nc(N3CCN(C)CC3)ncc2N(C)C(=O)C(C)(C)c2cc(C(F)(F)F)cc(C(F)(F)F)c2)cc1. The van der Waals surface area contributed by atoms with Gasteiger partial charge in [-0.1, -0.05) is 17.7 Å². The molecule has 4 rings (SSSR count). The average molecular weight is 596 g/mol. The Morgan fingerprint density at radius 2 is 1.40 bits per heavy atom. The van der Waals surface area contributed by atoms with Crippen molar-refractivity contribution in [1.29, 1.82) is 0 Å². The van der Waals surface area contributed by atoms with Crippen LogP contribution < -0.4 is 14.5 Å². The number of hydrogen-bond acceptors (Lipinski definition) is 6. The molecule has 226 valence electrons. The first kappa shape index (κ1) is 31.1. The second-order valence-corrected chi connectivity index (χ2v) is 10.8. The van der Waals surface area contributed by atoms with E-state index in [1.807, 2.05) is 31.0 Å². The zero-order valence-corrected chi connectivity index (χ0v) is 23.8. The number of benzene rings is 2. The molecular formula is C29H31F6N5O2. The van der Waals surface area contributed by atoms with Gasteiger partial charge < -0.3 is 19.4 Å². The van der Waals surface area contributed by atoms with Gasteiger partial charge in [-0.25, -0.2) is 4.98 Å². The first-order valence-electron chi connectivity index (χ1n) is 13.1. The molecule has 1 saturated heterocycles. The Bertz CT molecular complexity index is 1400. The van der Waals surface area contributed by atoms with Crippen LogP contribution >= 0.6 is 0 Å². The third-order valence-corrected chi connectivity index (χ3v) is 7.25. The fourth-order valence-corrected chi connectivity index (χ4v) is 4.50. The van der Waals surface area contributed by atoms with Crippen LogP contribution in [-0.4, -0.2) is 61.0 Å². The van der Waals surface area contributed by atoms with Gasteiger partial charge in [-0.15, -0.1) is 0 Å². The summed E-state index contributed by atoms with van der Waals surface area (Å²) in [5.74, 6) is -0.00596. The fourth-order valence-electron chi connectivity index (χ4n) is 4.50. The third kappa shape index (κ3) is 6.77. The lowest BCUT2D eigenvalue weighted by Gasteiger charge is -2.33. The highest BCUT2D eigenvalue weighted by Gasteiger charge is 2.41. The predicted octanol–water partition coefficient (Wildman–Crippen LogP) is 6.31. The molecule has 0 bridgehead atoms. The molecule has 13 heteroatoms. The van der Waals surface area contributed by atoms with Crippen LogP contribution in [0.25, 0.3) is 0 Å². The van der Waals surface area contributed by atoms with E-state index in [9.17, 15) is 31.1 Å². The Hall–Kier alpha value is -3.87. The molecule has 3 aromatic rings. The summed E-state index contributed by atoms with van der Waals surface area (Å²) in [6, 6.07) is 8.23. The molecule has 2 aromatic carbocycles. The van der Waals surface area contributed by atoms with Crippen LogP contribution in [-0.2, 0) is 22.6 Å². The second kappa shape index (κ2) is 11.4. The van der Waals surface area contributed by atoms with E-state index in [1.165, 1.54) is 27.1 Å². The number of halogens is 6. The normalized spacial score (nSPS) is 15.1. The minimum atomic E-state index is -5.05. The van der Waals surface area contributed by atoms with Crippen molar-refractivity contribution in [2.75, 3.05) is 50.1 Å². The average Bonchev–Trinajstić information content (AvgIpc) is 2.92. The number of amides is 1. The number of piperazine rings is 1. The summed E-state index contributed by atoms with van der Waals surface area (Å²) < 4.78 is 87.3. The Morgan fingerprint density at radius 3 is 1.93 bits per heavy atom. The first-order valence-corrected chi connectivity index (χ1v) is 13.1. The smallest absolute Gasteiger partial charge is 0.416 e. The number of nitrogens with zero attached hydrogens (tertiary/aromatic N) is 5. The minimum Gasteiger partial charge on any atom is -0.437 e. The van der Waals surface area contributed by atoms with Crippen molar-refractivity contribution in [3.05, 3.63) is 70.9 Å². The Morgan fingerprint density at radius 1 is 0.881 bits per heavy atom. The number of aryl methyl sites for hydroxylation is 1. The molecule has 1 aliphatic heterocycles. The number of carbonyl (C=O) groups is 1. The highest BCUT2D eigenvalue weighted by molar-refractivity contribution is 6.01. The van der Waals surface area contributed by atoms with Gasteiger partial charge in [0.1, 0.15) is 11.4 Å². The molecule has 42 heavy (non-hydrogen) atoms. The molecule has 1 amide bonds. The molecule has 7 nitrogen and oxygen atoms in total. The first-order chi connectivity index (χ1) is 19.5. The lowest BCUT2D eigenvalue weighted by atomic mass is 9.81. The minimum absolute atomic E-state index is 0.00875. The molecule has 1 aliphatic rings. The summed E-state index contributed by atoms with van der Waals surface area (Å²) in [7, 11) is 3.34. The van der Waals surface area contributed by atoms with Crippen LogP contribution in [0, 0.1) is 6.92 Å². The number of likely N-dealkylation sites (N-methyl/N-ethyl adjacent to an activating group) is 2. The van der Waals surface area contributed by atoms with Gasteiger partial charge in [0.05, 0.1) is 22.7 Å². The van der Waals surface area contributed by atoms with Crippen molar-refractivity contribution in [2.24, 2.45) is 0 Å². The number of alkyl halides is 6. The van der Waals surface area contributed by atoms with Gasteiger partial charge in [0, 0.05) is 33.2 Å². The van der Waals surface area contributed by atoms with Gasteiger partial charge in [0.15, 0.2) is 0 Å². The van der Waals surface area contributed by atoms with E-state index >= 15 is 0 Å². The summed E-state index contributed by atoms with van der Waals surface area (Å²) in [5, 5.41) is 0. The van der Waals surface area contributed by atoms with Crippen LogP contribution in [0.15, 0.2) is 48.7 Å². The number of rotatable bonds is 6. The van der Waals surface area contributed by atoms with Gasteiger partial charge >= 0.3 is 12.4 Å². The summed E-state index contributed by atoms with van der Waals surface area (Å²) in [5.41, 5.74) is -4.19. The van der Waals surface area contributed by atoms with Crippen molar-refractivity contribution in [3.63, 3.8) is 0 Å². The number of anilines is 2. The summed E-state index contributed by atoms with van der Waals surface area (Å²) in [4.78, 5) is 28.0. The van der Waals surface area contributed by atoms with Gasteiger partial charge in [0.2, 0.25) is 17.7 Å². The molecule has 0 aliphatic carbocycles. The third-order valence-electron chi connectivity index (χ3n) is 7.25. The summed E-state index contributed by atoms with van der Waals surface area (Å²) >= 11 is 0. The second-order valence-electron chi connectivity index (χ2n) is 10.8. The van der Waals surface area contributed by atoms with Crippen molar-refractivity contribution >= 4 is 17.5 Å². The predicted molar refractivity (Wildman–Crippen MR) is 146 cm³/mol. The van der Waals surface area contributed by atoms with E-state index in [0.29, 0.717) is 36.9 Å². The maximum Gasteiger partial charge on any atom is 0.416 e. The zero-order chi connectivity index (χ0) is 31.0. The largest absolute Gasteiger partial charge is 0.437 e. The lowest BCUT2D eigenvalue weighted by Crippen LogP contribution is -2.45. The topological polar surface area (TPSA) is 61.8 Å². The highest BCUT2D eigenvalue weighted by Crippen LogP contribution is 2.40. The molecule has 0 saturated carbocycles. The molecule has 1 aromatic heterocycles. The van der Waals surface area contributed by atoms with Gasteiger partial charge in [0.25, 0.3) is 0 Å².